The molecule has 1 atom stereocenters. The third-order valence-corrected chi connectivity index (χ3v) is 9.23. The molecular weight excluding hydrogens is 593 g/mol. The first-order valence-electron chi connectivity index (χ1n) is 15.5. The van der Waals surface area contributed by atoms with Gasteiger partial charge in [-0.15, -0.1) is 0 Å². The van der Waals surface area contributed by atoms with E-state index in [1.807, 2.05) is 34.9 Å². The molecule has 0 amide bonds. The van der Waals surface area contributed by atoms with Crippen molar-refractivity contribution in [2.24, 2.45) is 5.41 Å². The number of nitriles is 1. The van der Waals surface area contributed by atoms with Crippen LogP contribution in [-0.4, -0.2) is 65.5 Å². The van der Waals surface area contributed by atoms with Gasteiger partial charge in [-0.2, -0.15) is 5.26 Å². The average Bonchev–Trinajstić information content (AvgIpc) is 3.82. The molecule has 2 N–H and O–H groups in total. The largest absolute Gasteiger partial charge is 0.383 e. The Kier molecular flexibility index (Phi) is 7.03. The zero-order chi connectivity index (χ0) is 32.0. The van der Waals surface area contributed by atoms with Gasteiger partial charge in [-0.1, -0.05) is 12.1 Å². The Morgan fingerprint density at radius 1 is 0.872 bits per heavy atom. The second-order valence-electron chi connectivity index (χ2n) is 12.3. The summed E-state index contributed by atoms with van der Waals surface area (Å²) in [5.74, 6) is 1.04. The minimum Gasteiger partial charge on any atom is -0.383 e. The highest BCUT2D eigenvalue weighted by molar-refractivity contribution is 5.87. The van der Waals surface area contributed by atoms with Crippen LogP contribution in [0.1, 0.15) is 24.2 Å². The molecule has 0 saturated carbocycles. The maximum Gasteiger partial charge on any atom is 0.234 e. The summed E-state index contributed by atoms with van der Waals surface area (Å²) in [6.07, 6.45) is 8.39. The summed E-state index contributed by atoms with van der Waals surface area (Å²) in [5.41, 5.74) is 12.7. The summed E-state index contributed by atoms with van der Waals surface area (Å²) in [7, 11) is 0. The second kappa shape index (κ2) is 11.5. The molecule has 0 bridgehead atoms. The van der Waals surface area contributed by atoms with Gasteiger partial charge in [0.05, 0.1) is 23.8 Å². The maximum absolute atomic E-state index is 13.6. The van der Waals surface area contributed by atoms with Gasteiger partial charge >= 0.3 is 0 Å². The minimum absolute atomic E-state index is 0.209. The lowest BCUT2D eigenvalue weighted by Gasteiger charge is -2.25. The lowest BCUT2D eigenvalue weighted by atomic mass is 9.86. The van der Waals surface area contributed by atoms with Crippen molar-refractivity contribution in [3.63, 3.8) is 0 Å². The van der Waals surface area contributed by atoms with E-state index in [4.69, 9.17) is 10.7 Å². The zero-order valence-corrected chi connectivity index (χ0v) is 25.5. The van der Waals surface area contributed by atoms with Crippen LogP contribution in [0.15, 0.2) is 85.5 Å². The highest BCUT2D eigenvalue weighted by Crippen LogP contribution is 2.41. The van der Waals surface area contributed by atoms with Crippen LogP contribution < -0.4 is 10.6 Å². The molecule has 5 aromatic heterocycles. The summed E-state index contributed by atoms with van der Waals surface area (Å²) in [4.78, 5) is 31.4. The van der Waals surface area contributed by atoms with Gasteiger partial charge in [0, 0.05) is 55.2 Å². The molecule has 232 valence electrons. The lowest BCUT2D eigenvalue weighted by molar-refractivity contribution is 0.270. The molecule has 8 rings (SSSR count). The van der Waals surface area contributed by atoms with Crippen LogP contribution in [0.25, 0.3) is 39.5 Å². The van der Waals surface area contributed by atoms with Crippen molar-refractivity contribution in [2.75, 3.05) is 36.8 Å². The zero-order valence-electron chi connectivity index (χ0n) is 25.5. The Morgan fingerprint density at radius 3 is 2.55 bits per heavy atom. The molecule has 1 aromatic carbocycles. The first kappa shape index (κ1) is 28.7. The number of benzene rings is 1. The van der Waals surface area contributed by atoms with Crippen molar-refractivity contribution >= 4 is 22.8 Å². The van der Waals surface area contributed by atoms with Crippen molar-refractivity contribution in [1.29, 1.82) is 5.26 Å². The van der Waals surface area contributed by atoms with Crippen LogP contribution in [0, 0.1) is 22.6 Å². The number of nitrogens with two attached hydrogens (primary N) is 1. The molecule has 2 fully saturated rings. The van der Waals surface area contributed by atoms with Crippen molar-refractivity contribution in [3.05, 3.63) is 103 Å². The smallest absolute Gasteiger partial charge is 0.234 e. The quantitative estimate of drug-likeness (QED) is 0.269. The fourth-order valence-corrected chi connectivity index (χ4v) is 6.92. The third kappa shape index (κ3) is 5.40. The summed E-state index contributed by atoms with van der Waals surface area (Å²) < 4.78 is 15.6. The van der Waals surface area contributed by atoms with Crippen LogP contribution in [0.3, 0.4) is 0 Å². The molecule has 0 aliphatic carbocycles. The number of aromatic nitrogens is 7. The molecule has 12 heteroatoms. The van der Waals surface area contributed by atoms with Gasteiger partial charge < -0.3 is 10.6 Å². The number of likely N-dealkylation sites (tertiary alicyclic amines) is 1. The standard InChI is InChI=1S/C35H30FN11/c36-24-5-8-27(41-18-24)29-19-42-28-16-30(26-2-1-12-40-33(26)38)47(34(28)43-29)25-6-3-23(4-7-25)20-45-14-10-35(21-45)11-15-46(22-35)32-9-13-39-31(17-37)44-32/h1-9,12-13,16,18-19H,10-11,14-15,20-22H2,(H2,38,40)/t35-/m0/s1. The maximum atomic E-state index is 13.6. The summed E-state index contributed by atoms with van der Waals surface area (Å²) in [6.45, 7) is 4.76. The number of rotatable bonds is 6. The molecule has 7 heterocycles. The van der Waals surface area contributed by atoms with Crippen molar-refractivity contribution in [3.8, 4) is 34.4 Å². The van der Waals surface area contributed by atoms with E-state index in [2.05, 4.69) is 59.0 Å². The van der Waals surface area contributed by atoms with E-state index < -0.39 is 5.82 Å². The van der Waals surface area contributed by atoms with Crippen molar-refractivity contribution in [2.45, 2.75) is 19.4 Å². The van der Waals surface area contributed by atoms with Crippen LogP contribution in [0.2, 0.25) is 0 Å². The van der Waals surface area contributed by atoms with Gasteiger partial charge in [0.1, 0.15) is 34.7 Å². The molecule has 47 heavy (non-hydrogen) atoms. The predicted molar refractivity (Wildman–Crippen MR) is 176 cm³/mol. The Hall–Kier alpha value is -5.80. The number of pyridine rings is 2. The molecule has 6 aromatic rings. The van der Waals surface area contributed by atoms with Crippen LogP contribution in [0.5, 0.6) is 0 Å². The SMILES string of the molecule is N#Cc1nccc(N2CC[C@]3(CCN(Cc4ccc(-n5c(-c6cccnc6N)cc6ncc(-c7ccc(F)cn7)nc65)cc4)C3)C2)n1. The van der Waals surface area contributed by atoms with Crippen LogP contribution in [0.4, 0.5) is 16.0 Å². The highest BCUT2D eigenvalue weighted by atomic mass is 19.1. The first-order valence-corrected chi connectivity index (χ1v) is 15.5. The number of anilines is 2. The summed E-state index contributed by atoms with van der Waals surface area (Å²) in [6, 6.07) is 21.2. The molecular formula is C35H30FN11. The Balaban J connectivity index is 1.06. The summed E-state index contributed by atoms with van der Waals surface area (Å²) in [5, 5.41) is 9.21. The van der Waals surface area contributed by atoms with Crippen molar-refractivity contribution < 1.29 is 4.39 Å². The number of fused-ring (bicyclic) bond motifs is 1. The van der Waals surface area contributed by atoms with Crippen LogP contribution >= 0.6 is 0 Å². The number of nitrogens with zero attached hydrogens (tertiary/aromatic N) is 10. The molecule has 2 aliphatic heterocycles. The molecule has 2 aliphatic rings. The van der Waals surface area contributed by atoms with Crippen LogP contribution in [-0.2, 0) is 6.54 Å². The van der Waals surface area contributed by atoms with Gasteiger partial charge in [-0.3, -0.25) is 19.4 Å². The van der Waals surface area contributed by atoms with E-state index in [-0.39, 0.29) is 11.2 Å². The van der Waals surface area contributed by atoms with E-state index >= 15 is 0 Å². The van der Waals surface area contributed by atoms with Gasteiger partial charge in [0.2, 0.25) is 5.82 Å². The number of hydrogen-bond donors (Lipinski definition) is 1. The van der Waals surface area contributed by atoms with E-state index in [1.165, 1.54) is 17.8 Å². The molecule has 0 radical (unpaired) electrons. The first-order chi connectivity index (χ1) is 23.0. The molecule has 2 saturated heterocycles. The van der Waals surface area contributed by atoms with E-state index in [1.54, 1.807) is 24.7 Å². The number of nitrogen functional groups attached to an aromatic ring is 1. The average molecular weight is 624 g/mol. The molecule has 1 spiro atoms. The minimum atomic E-state index is -0.410. The number of halogens is 1. The second-order valence-corrected chi connectivity index (χ2v) is 12.3. The van der Waals surface area contributed by atoms with Crippen molar-refractivity contribution in [1.82, 2.24) is 39.4 Å². The van der Waals surface area contributed by atoms with Gasteiger partial charge in [-0.25, -0.2) is 24.3 Å². The number of hydrogen-bond acceptors (Lipinski definition) is 10. The monoisotopic (exact) mass is 623 g/mol. The molecule has 11 nitrogen and oxygen atoms in total. The van der Waals surface area contributed by atoms with E-state index in [0.717, 1.165) is 68.3 Å². The normalized spacial score (nSPS) is 17.9. The summed E-state index contributed by atoms with van der Waals surface area (Å²) >= 11 is 0. The Labute approximate surface area is 270 Å². The van der Waals surface area contributed by atoms with E-state index in [0.29, 0.717) is 28.4 Å². The Bertz CT molecular complexity index is 2140. The Morgan fingerprint density at radius 2 is 1.74 bits per heavy atom. The van der Waals surface area contributed by atoms with E-state index in [9.17, 15) is 9.65 Å². The van der Waals surface area contributed by atoms with Gasteiger partial charge in [0.15, 0.2) is 5.65 Å². The lowest BCUT2D eigenvalue weighted by Crippen LogP contribution is -2.31. The molecule has 0 unspecified atom stereocenters. The fourth-order valence-electron chi connectivity index (χ4n) is 6.92. The van der Waals surface area contributed by atoms with Gasteiger partial charge in [-0.05, 0) is 73.5 Å². The topological polar surface area (TPSA) is 139 Å². The highest BCUT2D eigenvalue weighted by Gasteiger charge is 2.43. The third-order valence-electron chi connectivity index (χ3n) is 9.23. The van der Waals surface area contributed by atoms with Gasteiger partial charge in [0.25, 0.3) is 0 Å². The fraction of sp³-hybridized carbons (Fsp3) is 0.229. The predicted octanol–water partition coefficient (Wildman–Crippen LogP) is 5.03.